The monoisotopic (exact) mass is 373 g/mol. The summed E-state index contributed by atoms with van der Waals surface area (Å²) in [4.78, 5) is 11.6. The summed E-state index contributed by atoms with van der Waals surface area (Å²) >= 11 is 3.39. The van der Waals surface area contributed by atoms with E-state index in [0.29, 0.717) is 5.56 Å². The Morgan fingerprint density at radius 3 is 2.23 bits per heavy atom. The lowest BCUT2D eigenvalue weighted by Gasteiger charge is -2.24. The van der Waals surface area contributed by atoms with E-state index in [2.05, 4.69) is 21.2 Å². The summed E-state index contributed by atoms with van der Waals surface area (Å²) in [5, 5.41) is 22.9. The molecule has 0 heterocycles. The van der Waals surface area contributed by atoms with Crippen molar-refractivity contribution >= 4 is 22.0 Å². The van der Waals surface area contributed by atoms with Gasteiger partial charge in [0.05, 0.1) is 0 Å². The minimum Gasteiger partial charge on any atom is -0.444 e. The van der Waals surface area contributed by atoms with Crippen molar-refractivity contribution < 1.29 is 19.7 Å². The molecule has 0 bridgehead atoms. The molecule has 1 rings (SSSR count). The minimum atomic E-state index is -1.12. The van der Waals surface area contributed by atoms with Crippen LogP contribution in [0.1, 0.15) is 43.6 Å². The molecule has 0 aliphatic rings. The number of carbonyl (C=O) groups excluding carboxylic acids is 1. The molecule has 0 aliphatic heterocycles. The van der Waals surface area contributed by atoms with Crippen LogP contribution in [0.3, 0.4) is 0 Å². The van der Waals surface area contributed by atoms with Crippen LogP contribution in [0.15, 0.2) is 16.6 Å². The molecule has 1 aromatic rings. The molecule has 1 amide bonds. The number of carbonyl (C=O) groups is 1. The number of amides is 1. The molecule has 5 nitrogen and oxygen atoms in total. The van der Waals surface area contributed by atoms with E-state index in [9.17, 15) is 15.0 Å². The summed E-state index contributed by atoms with van der Waals surface area (Å²) < 4.78 is 6.00. The fourth-order valence-corrected chi connectivity index (χ4v) is 2.88. The number of nitrogens with one attached hydrogen (secondary N) is 1. The smallest absolute Gasteiger partial charge is 0.407 e. The Balaban J connectivity index is 2.70. The zero-order valence-corrected chi connectivity index (χ0v) is 15.2. The molecule has 0 aliphatic carbocycles. The summed E-state index contributed by atoms with van der Waals surface area (Å²) in [6, 6.07) is 3.75. The molecular formula is C16H24BrNO4. The van der Waals surface area contributed by atoms with Gasteiger partial charge in [0.1, 0.15) is 17.8 Å². The van der Waals surface area contributed by atoms with Crippen molar-refractivity contribution in [2.24, 2.45) is 0 Å². The maximum absolute atomic E-state index is 11.6. The highest BCUT2D eigenvalue weighted by Gasteiger charge is 2.24. The van der Waals surface area contributed by atoms with Crippen LogP contribution in [-0.4, -0.2) is 34.6 Å². The number of ether oxygens (including phenoxy) is 1. The summed E-state index contributed by atoms with van der Waals surface area (Å²) in [5.41, 5.74) is 1.81. The molecule has 124 valence electrons. The van der Waals surface area contributed by atoms with Crippen LogP contribution in [-0.2, 0) is 4.74 Å². The van der Waals surface area contributed by atoms with Crippen LogP contribution in [0, 0.1) is 13.8 Å². The van der Waals surface area contributed by atoms with Crippen LogP contribution >= 0.6 is 15.9 Å². The van der Waals surface area contributed by atoms with Crippen molar-refractivity contribution in [1.29, 1.82) is 0 Å². The van der Waals surface area contributed by atoms with Crippen molar-refractivity contribution in [2.75, 3.05) is 6.54 Å². The van der Waals surface area contributed by atoms with Crippen LogP contribution in [0.2, 0.25) is 0 Å². The Bertz CT molecular complexity index is 516. The Kier molecular flexibility index (Phi) is 6.40. The highest BCUT2D eigenvalue weighted by atomic mass is 79.9. The van der Waals surface area contributed by atoms with Crippen LogP contribution < -0.4 is 5.32 Å². The van der Waals surface area contributed by atoms with Crippen molar-refractivity contribution in [1.82, 2.24) is 5.32 Å². The predicted molar refractivity (Wildman–Crippen MR) is 88.8 cm³/mol. The summed E-state index contributed by atoms with van der Waals surface area (Å²) in [6.45, 7) is 8.91. The van der Waals surface area contributed by atoms with Crippen LogP contribution in [0.25, 0.3) is 0 Å². The third-order valence-corrected chi connectivity index (χ3v) is 3.53. The van der Waals surface area contributed by atoms with Gasteiger partial charge in [0, 0.05) is 11.0 Å². The van der Waals surface area contributed by atoms with Gasteiger partial charge in [-0.3, -0.25) is 0 Å². The lowest BCUT2D eigenvalue weighted by molar-refractivity contribution is 0.0123. The first kappa shape index (κ1) is 18.9. The maximum Gasteiger partial charge on any atom is 0.407 e. The number of alkyl carbamates (subject to hydrolysis) is 1. The number of aliphatic hydroxyl groups excluding tert-OH is 2. The highest BCUT2D eigenvalue weighted by molar-refractivity contribution is 9.10. The standard InChI is InChI=1S/C16H24BrNO4/c1-9-6-11(17)7-10(2)13(9)14(20)12(19)8-18-15(21)22-16(3,4)5/h6-7,12,14,19-20H,8H2,1-5H3,(H,18,21). The normalized spacial score (nSPS) is 14.4. The maximum atomic E-state index is 11.6. The molecule has 0 radical (unpaired) electrons. The van der Waals surface area contributed by atoms with Gasteiger partial charge in [0.25, 0.3) is 0 Å². The Morgan fingerprint density at radius 1 is 1.27 bits per heavy atom. The first-order valence-corrected chi connectivity index (χ1v) is 7.90. The first-order chi connectivity index (χ1) is 10.0. The molecule has 0 fully saturated rings. The topological polar surface area (TPSA) is 78.8 Å². The third-order valence-electron chi connectivity index (χ3n) is 3.07. The molecule has 0 spiro atoms. The highest BCUT2D eigenvalue weighted by Crippen LogP contribution is 2.27. The second-order valence-corrected chi connectivity index (χ2v) is 7.26. The fraction of sp³-hybridized carbons (Fsp3) is 0.562. The van der Waals surface area contributed by atoms with Crippen molar-refractivity contribution in [3.05, 3.63) is 33.3 Å². The quantitative estimate of drug-likeness (QED) is 0.757. The number of hydrogen-bond donors (Lipinski definition) is 3. The van der Waals surface area contributed by atoms with Gasteiger partial charge in [0.2, 0.25) is 0 Å². The second kappa shape index (κ2) is 7.44. The van der Waals surface area contributed by atoms with Crippen molar-refractivity contribution in [2.45, 2.75) is 52.4 Å². The van der Waals surface area contributed by atoms with E-state index < -0.39 is 23.9 Å². The summed E-state index contributed by atoms with van der Waals surface area (Å²) in [5.74, 6) is 0. The molecule has 6 heteroatoms. The van der Waals surface area contributed by atoms with Crippen LogP contribution in [0.5, 0.6) is 0 Å². The van der Waals surface area contributed by atoms with E-state index in [0.717, 1.165) is 15.6 Å². The van der Waals surface area contributed by atoms with Crippen molar-refractivity contribution in [3.8, 4) is 0 Å². The molecule has 2 atom stereocenters. The zero-order valence-electron chi connectivity index (χ0n) is 13.6. The number of halogens is 1. The Hall–Kier alpha value is -1.11. The number of rotatable bonds is 4. The molecule has 2 unspecified atom stereocenters. The first-order valence-electron chi connectivity index (χ1n) is 7.11. The van der Waals surface area contributed by atoms with E-state index in [1.54, 1.807) is 20.8 Å². The summed E-state index contributed by atoms with van der Waals surface area (Å²) in [7, 11) is 0. The Morgan fingerprint density at radius 2 is 1.77 bits per heavy atom. The number of benzene rings is 1. The lowest BCUT2D eigenvalue weighted by atomic mass is 9.95. The van der Waals surface area contributed by atoms with Gasteiger partial charge in [-0.05, 0) is 63.4 Å². The number of aliphatic hydroxyl groups is 2. The van der Waals surface area contributed by atoms with E-state index in [-0.39, 0.29) is 6.54 Å². The van der Waals surface area contributed by atoms with Crippen LogP contribution in [0.4, 0.5) is 4.79 Å². The van der Waals surface area contributed by atoms with Gasteiger partial charge in [-0.15, -0.1) is 0 Å². The van der Waals surface area contributed by atoms with Gasteiger partial charge >= 0.3 is 6.09 Å². The molecule has 22 heavy (non-hydrogen) atoms. The number of aryl methyl sites for hydroxylation is 2. The molecule has 0 saturated carbocycles. The minimum absolute atomic E-state index is 0.0922. The molecule has 0 saturated heterocycles. The Labute approximate surface area is 139 Å². The van der Waals surface area contributed by atoms with Gasteiger partial charge in [-0.1, -0.05) is 15.9 Å². The van der Waals surface area contributed by atoms with E-state index in [1.165, 1.54) is 0 Å². The van der Waals surface area contributed by atoms with Crippen molar-refractivity contribution in [3.63, 3.8) is 0 Å². The number of hydrogen-bond acceptors (Lipinski definition) is 4. The van der Waals surface area contributed by atoms with Gasteiger partial charge in [-0.2, -0.15) is 0 Å². The lowest BCUT2D eigenvalue weighted by Crippen LogP contribution is -2.39. The van der Waals surface area contributed by atoms with E-state index >= 15 is 0 Å². The van der Waals surface area contributed by atoms with Gasteiger partial charge in [0.15, 0.2) is 0 Å². The molecule has 0 aromatic heterocycles. The largest absolute Gasteiger partial charge is 0.444 e. The second-order valence-electron chi connectivity index (χ2n) is 6.35. The fourth-order valence-electron chi connectivity index (χ4n) is 2.19. The predicted octanol–water partition coefficient (Wildman–Crippen LogP) is 2.98. The molecule has 3 N–H and O–H groups in total. The zero-order chi connectivity index (χ0) is 17.1. The van der Waals surface area contributed by atoms with Gasteiger partial charge in [-0.25, -0.2) is 4.79 Å². The molecule has 1 aromatic carbocycles. The summed E-state index contributed by atoms with van der Waals surface area (Å²) in [6.07, 6.45) is -2.82. The van der Waals surface area contributed by atoms with E-state index in [1.807, 2.05) is 26.0 Å². The average Bonchev–Trinajstić information content (AvgIpc) is 2.32. The average molecular weight is 374 g/mol. The SMILES string of the molecule is Cc1cc(Br)cc(C)c1C(O)C(O)CNC(=O)OC(C)(C)C. The third kappa shape index (κ3) is 5.59. The van der Waals surface area contributed by atoms with Gasteiger partial charge < -0.3 is 20.3 Å². The molecular weight excluding hydrogens is 350 g/mol. The van der Waals surface area contributed by atoms with E-state index in [4.69, 9.17) is 4.74 Å².